The molecule has 1 atom stereocenters. The molecular formula is C75H136O6. The van der Waals surface area contributed by atoms with Crippen LogP contribution in [0.15, 0.2) is 60.8 Å². The van der Waals surface area contributed by atoms with E-state index in [0.717, 1.165) is 77.0 Å². The molecule has 0 N–H and O–H groups in total. The van der Waals surface area contributed by atoms with E-state index in [9.17, 15) is 14.4 Å². The van der Waals surface area contributed by atoms with Gasteiger partial charge in [-0.05, 0) is 89.9 Å². The van der Waals surface area contributed by atoms with Crippen LogP contribution in [0.2, 0.25) is 0 Å². The number of esters is 3. The SMILES string of the molecule is CCCCCCC/C=C\C/C=C\C/C=C\CCCCCCCCCCCCCCCCCCCCC(=O)OCC(COC(=O)CCCCCCCCC)OC(=O)CCCCCCCCCCCCC/C=C\C/C=C\CCCCCCC. The molecule has 472 valence electrons. The lowest BCUT2D eigenvalue weighted by molar-refractivity contribution is -0.167. The number of rotatable bonds is 66. The largest absolute Gasteiger partial charge is 0.462 e. The minimum Gasteiger partial charge on any atom is -0.462 e. The summed E-state index contributed by atoms with van der Waals surface area (Å²) in [7, 11) is 0. The molecule has 0 aromatic rings. The second-order valence-corrected chi connectivity index (χ2v) is 24.1. The highest BCUT2D eigenvalue weighted by atomic mass is 16.6. The third-order valence-electron chi connectivity index (χ3n) is 16.0. The van der Waals surface area contributed by atoms with Gasteiger partial charge in [0.1, 0.15) is 13.2 Å². The number of unbranched alkanes of at least 4 members (excludes halogenated alkanes) is 45. The molecule has 6 nitrogen and oxygen atoms in total. The second-order valence-electron chi connectivity index (χ2n) is 24.1. The highest BCUT2D eigenvalue weighted by Gasteiger charge is 2.19. The molecule has 0 saturated heterocycles. The predicted molar refractivity (Wildman–Crippen MR) is 353 cm³/mol. The standard InChI is InChI=1S/C75H136O6/c1-4-7-10-13-16-18-20-22-24-26-28-30-32-33-34-35-36-37-38-39-40-41-43-44-46-48-50-52-54-56-59-62-65-68-74(77)80-71-72(70-79-73(76)67-64-61-58-15-12-9-6-3)81-75(78)69-66-63-60-57-55-53-51-49-47-45-42-31-29-27-25-23-21-19-17-14-11-8-5-2/h20-23,26-29,32-33,72H,4-19,24-25,30-31,34-71H2,1-3H3/b22-20-,23-21-,28-26-,29-27-,33-32-. The molecule has 0 amide bonds. The Bertz CT molecular complexity index is 1440. The van der Waals surface area contributed by atoms with E-state index in [0.29, 0.717) is 19.3 Å². The first-order chi connectivity index (χ1) is 40.0. The quantitative estimate of drug-likeness (QED) is 0.0261. The zero-order valence-corrected chi connectivity index (χ0v) is 54.3. The van der Waals surface area contributed by atoms with E-state index in [1.165, 1.54) is 263 Å². The smallest absolute Gasteiger partial charge is 0.306 e. The third-order valence-corrected chi connectivity index (χ3v) is 16.0. The summed E-state index contributed by atoms with van der Waals surface area (Å²) in [4.78, 5) is 38.2. The fourth-order valence-corrected chi connectivity index (χ4v) is 10.6. The summed E-state index contributed by atoms with van der Waals surface area (Å²) in [6, 6.07) is 0. The lowest BCUT2D eigenvalue weighted by Gasteiger charge is -2.18. The molecule has 81 heavy (non-hydrogen) atoms. The molecule has 1 unspecified atom stereocenters. The molecule has 0 aromatic heterocycles. The Hall–Kier alpha value is -2.89. The molecule has 0 radical (unpaired) electrons. The van der Waals surface area contributed by atoms with Crippen LogP contribution in [-0.4, -0.2) is 37.2 Å². The summed E-state index contributed by atoms with van der Waals surface area (Å²) in [6.45, 7) is 6.63. The molecule has 0 heterocycles. The molecule has 0 aliphatic rings. The minimum absolute atomic E-state index is 0.0703. The number of carbonyl (C=O) groups is 3. The molecule has 0 saturated carbocycles. The van der Waals surface area contributed by atoms with Gasteiger partial charge < -0.3 is 14.2 Å². The molecule has 0 bridgehead atoms. The first kappa shape index (κ1) is 78.1. The lowest BCUT2D eigenvalue weighted by atomic mass is 10.0. The molecule has 0 spiro atoms. The van der Waals surface area contributed by atoms with Gasteiger partial charge in [-0.2, -0.15) is 0 Å². The predicted octanol–water partition coefficient (Wildman–Crippen LogP) is 24.7. The van der Waals surface area contributed by atoms with Gasteiger partial charge in [-0.15, -0.1) is 0 Å². The van der Waals surface area contributed by atoms with Gasteiger partial charge in [0, 0.05) is 19.3 Å². The van der Waals surface area contributed by atoms with Crippen LogP contribution >= 0.6 is 0 Å². The van der Waals surface area contributed by atoms with Crippen molar-refractivity contribution in [3.63, 3.8) is 0 Å². The van der Waals surface area contributed by atoms with Crippen molar-refractivity contribution >= 4 is 17.9 Å². The normalized spacial score (nSPS) is 12.4. The Kier molecular flexibility index (Phi) is 67.1. The Morgan fingerprint density at radius 1 is 0.247 bits per heavy atom. The summed E-state index contributed by atoms with van der Waals surface area (Å²) >= 11 is 0. The van der Waals surface area contributed by atoms with E-state index < -0.39 is 6.10 Å². The monoisotopic (exact) mass is 1130 g/mol. The van der Waals surface area contributed by atoms with Gasteiger partial charge >= 0.3 is 17.9 Å². The summed E-state index contributed by atoms with van der Waals surface area (Å²) < 4.78 is 16.9. The van der Waals surface area contributed by atoms with Gasteiger partial charge in [0.2, 0.25) is 0 Å². The number of hydrogen-bond donors (Lipinski definition) is 0. The number of carbonyl (C=O) groups excluding carboxylic acids is 3. The van der Waals surface area contributed by atoms with Crippen LogP contribution in [0, 0.1) is 0 Å². The fraction of sp³-hybridized carbons (Fsp3) is 0.827. The first-order valence-electron chi connectivity index (χ1n) is 35.8. The Labute approximate surface area is 504 Å². The van der Waals surface area contributed by atoms with Crippen molar-refractivity contribution < 1.29 is 28.6 Å². The molecule has 6 heteroatoms. The minimum atomic E-state index is -0.771. The summed E-state index contributed by atoms with van der Waals surface area (Å²) in [5.41, 5.74) is 0. The third kappa shape index (κ3) is 67.8. The van der Waals surface area contributed by atoms with Gasteiger partial charge in [0.15, 0.2) is 6.10 Å². The van der Waals surface area contributed by atoms with Gasteiger partial charge in [-0.3, -0.25) is 14.4 Å². The van der Waals surface area contributed by atoms with Gasteiger partial charge in [-0.1, -0.05) is 332 Å². The average molecular weight is 1130 g/mol. The van der Waals surface area contributed by atoms with E-state index in [2.05, 4.69) is 81.5 Å². The highest BCUT2D eigenvalue weighted by molar-refractivity contribution is 5.71. The Balaban J connectivity index is 4.01. The van der Waals surface area contributed by atoms with Crippen molar-refractivity contribution in [2.45, 2.75) is 386 Å². The van der Waals surface area contributed by atoms with Crippen molar-refractivity contribution in [2.75, 3.05) is 13.2 Å². The van der Waals surface area contributed by atoms with E-state index in [4.69, 9.17) is 14.2 Å². The van der Waals surface area contributed by atoms with Crippen LogP contribution in [0.25, 0.3) is 0 Å². The number of hydrogen-bond acceptors (Lipinski definition) is 6. The topological polar surface area (TPSA) is 78.9 Å². The van der Waals surface area contributed by atoms with Gasteiger partial charge in [0.05, 0.1) is 0 Å². The summed E-state index contributed by atoms with van der Waals surface area (Å²) in [6.07, 6.45) is 90.0. The summed E-state index contributed by atoms with van der Waals surface area (Å²) in [5, 5.41) is 0. The van der Waals surface area contributed by atoms with Crippen LogP contribution in [0.1, 0.15) is 380 Å². The molecule has 0 aromatic carbocycles. The molecule has 0 rings (SSSR count). The summed E-state index contributed by atoms with van der Waals surface area (Å²) in [5.74, 6) is -0.858. The van der Waals surface area contributed by atoms with Crippen LogP contribution in [0.4, 0.5) is 0 Å². The van der Waals surface area contributed by atoms with E-state index in [1.807, 2.05) is 0 Å². The molecule has 0 aliphatic heterocycles. The van der Waals surface area contributed by atoms with Crippen molar-refractivity contribution in [3.8, 4) is 0 Å². The van der Waals surface area contributed by atoms with Gasteiger partial charge in [0.25, 0.3) is 0 Å². The zero-order chi connectivity index (χ0) is 58.5. The van der Waals surface area contributed by atoms with E-state index in [1.54, 1.807) is 0 Å². The van der Waals surface area contributed by atoms with Crippen molar-refractivity contribution in [2.24, 2.45) is 0 Å². The van der Waals surface area contributed by atoms with Gasteiger partial charge in [-0.25, -0.2) is 0 Å². The van der Waals surface area contributed by atoms with E-state index in [-0.39, 0.29) is 31.1 Å². The highest BCUT2D eigenvalue weighted by Crippen LogP contribution is 2.18. The number of ether oxygens (including phenoxy) is 3. The van der Waals surface area contributed by atoms with Crippen molar-refractivity contribution in [3.05, 3.63) is 60.8 Å². The van der Waals surface area contributed by atoms with Crippen LogP contribution in [0.5, 0.6) is 0 Å². The van der Waals surface area contributed by atoms with Crippen LogP contribution < -0.4 is 0 Å². The maximum absolute atomic E-state index is 12.9. The Morgan fingerprint density at radius 2 is 0.444 bits per heavy atom. The van der Waals surface area contributed by atoms with E-state index >= 15 is 0 Å². The molecule has 0 fully saturated rings. The first-order valence-corrected chi connectivity index (χ1v) is 35.8. The molecular weight excluding hydrogens is 997 g/mol. The maximum atomic E-state index is 12.9. The fourth-order valence-electron chi connectivity index (χ4n) is 10.6. The maximum Gasteiger partial charge on any atom is 0.306 e. The second kappa shape index (κ2) is 69.6. The van der Waals surface area contributed by atoms with Crippen molar-refractivity contribution in [1.29, 1.82) is 0 Å². The molecule has 0 aliphatic carbocycles. The number of allylic oxidation sites excluding steroid dienone is 10. The van der Waals surface area contributed by atoms with Crippen molar-refractivity contribution in [1.82, 2.24) is 0 Å². The van der Waals surface area contributed by atoms with Crippen LogP contribution in [-0.2, 0) is 28.6 Å². The average Bonchev–Trinajstić information content (AvgIpc) is 3.47. The lowest BCUT2D eigenvalue weighted by Crippen LogP contribution is -2.30. The van der Waals surface area contributed by atoms with Crippen LogP contribution in [0.3, 0.4) is 0 Å². The Morgan fingerprint density at radius 3 is 0.691 bits per heavy atom. The zero-order valence-electron chi connectivity index (χ0n) is 54.3.